The van der Waals surface area contributed by atoms with Gasteiger partial charge in [-0.15, -0.1) is 0 Å². The Morgan fingerprint density at radius 1 is 1.09 bits per heavy atom. The second-order valence-electron chi connectivity index (χ2n) is 5.77. The third-order valence-electron chi connectivity index (χ3n) is 3.94. The van der Waals surface area contributed by atoms with Crippen molar-refractivity contribution in [3.8, 4) is 0 Å². The highest BCUT2D eigenvalue weighted by Crippen LogP contribution is 2.14. The second-order valence-corrected chi connectivity index (χ2v) is 7.53. The average molecular weight is 329 g/mol. The van der Waals surface area contributed by atoms with E-state index >= 15 is 0 Å². The highest BCUT2D eigenvalue weighted by Gasteiger charge is 2.23. The monoisotopic (exact) mass is 329 g/mol. The van der Waals surface area contributed by atoms with Crippen LogP contribution in [-0.4, -0.2) is 27.3 Å². The fourth-order valence-corrected chi connectivity index (χ4v) is 3.69. The van der Waals surface area contributed by atoms with Crippen LogP contribution in [0.15, 0.2) is 54.6 Å². The Kier molecular flexibility index (Phi) is 6.11. The number of carbonyl (C=O) groups excluding carboxylic acids is 1. The molecule has 0 spiro atoms. The Labute approximate surface area is 140 Å². The van der Waals surface area contributed by atoms with Gasteiger partial charge in [-0.3, -0.25) is 9.00 Å². The number of carbonyl (C=O) groups is 1. The first kappa shape index (κ1) is 17.4. The van der Waals surface area contributed by atoms with Crippen LogP contribution in [0, 0.1) is 6.92 Å². The molecule has 2 rings (SSSR count). The highest BCUT2D eigenvalue weighted by atomic mass is 32.2. The van der Waals surface area contributed by atoms with Crippen molar-refractivity contribution in [3.05, 3.63) is 71.3 Å². The minimum atomic E-state index is -1.23. The average Bonchev–Trinajstić information content (AvgIpc) is 2.56. The van der Waals surface area contributed by atoms with Gasteiger partial charge in [0, 0.05) is 30.1 Å². The van der Waals surface area contributed by atoms with Crippen molar-refractivity contribution in [1.82, 2.24) is 4.90 Å². The first-order valence-corrected chi connectivity index (χ1v) is 9.08. The maximum atomic E-state index is 12.5. The van der Waals surface area contributed by atoms with Crippen molar-refractivity contribution in [1.29, 1.82) is 0 Å². The Bertz CT molecular complexity index is 685. The number of amides is 1. The van der Waals surface area contributed by atoms with Crippen LogP contribution in [0.2, 0.25) is 0 Å². The van der Waals surface area contributed by atoms with Gasteiger partial charge in [0.1, 0.15) is 5.25 Å². The zero-order valence-corrected chi connectivity index (χ0v) is 14.7. The molecule has 0 radical (unpaired) electrons. The molecule has 0 aromatic heterocycles. The van der Waals surface area contributed by atoms with Crippen LogP contribution >= 0.6 is 0 Å². The first-order valence-electron chi connectivity index (χ1n) is 7.69. The minimum absolute atomic E-state index is 0.0826. The standard InChI is InChI=1S/C19H23NO2S/c1-15-9-7-8-12-18(15)14-23(22)16(2)19(21)20(3)13-17-10-5-4-6-11-17/h4-12,16H,13-14H2,1-3H3/t16-,23-/m1/s1. The number of rotatable bonds is 6. The fourth-order valence-electron chi connectivity index (χ4n) is 2.41. The molecule has 122 valence electrons. The molecule has 2 aromatic rings. The molecule has 1 amide bonds. The van der Waals surface area contributed by atoms with Gasteiger partial charge in [0.05, 0.1) is 0 Å². The van der Waals surface area contributed by atoms with E-state index in [2.05, 4.69) is 0 Å². The van der Waals surface area contributed by atoms with Gasteiger partial charge in [-0.2, -0.15) is 0 Å². The lowest BCUT2D eigenvalue weighted by Gasteiger charge is -2.21. The summed E-state index contributed by atoms with van der Waals surface area (Å²) in [6.45, 7) is 4.28. The van der Waals surface area contributed by atoms with Crippen molar-refractivity contribution in [2.45, 2.75) is 31.4 Å². The van der Waals surface area contributed by atoms with Crippen LogP contribution in [0.3, 0.4) is 0 Å². The van der Waals surface area contributed by atoms with E-state index in [0.29, 0.717) is 12.3 Å². The number of nitrogens with zero attached hydrogens (tertiary/aromatic N) is 1. The third kappa shape index (κ3) is 4.76. The van der Waals surface area contributed by atoms with E-state index in [4.69, 9.17) is 0 Å². The molecule has 0 saturated carbocycles. The van der Waals surface area contributed by atoms with Gasteiger partial charge in [-0.05, 0) is 30.5 Å². The third-order valence-corrected chi connectivity index (χ3v) is 5.53. The smallest absolute Gasteiger partial charge is 0.238 e. The molecule has 0 bridgehead atoms. The molecule has 0 aliphatic heterocycles. The summed E-state index contributed by atoms with van der Waals surface area (Å²) in [6, 6.07) is 17.7. The minimum Gasteiger partial charge on any atom is -0.340 e. The van der Waals surface area contributed by atoms with E-state index in [9.17, 15) is 9.00 Å². The molecule has 0 aliphatic rings. The summed E-state index contributed by atoms with van der Waals surface area (Å²) >= 11 is 0. The van der Waals surface area contributed by atoms with Crippen molar-refractivity contribution in [3.63, 3.8) is 0 Å². The summed E-state index contributed by atoms with van der Waals surface area (Å²) in [4.78, 5) is 14.1. The largest absolute Gasteiger partial charge is 0.340 e. The SMILES string of the molecule is Cc1ccccc1C[S@@](=O)[C@H](C)C(=O)N(C)Cc1ccccc1. The highest BCUT2D eigenvalue weighted by molar-refractivity contribution is 7.85. The van der Waals surface area contributed by atoms with Gasteiger partial charge in [0.15, 0.2) is 0 Å². The molecule has 0 heterocycles. The van der Waals surface area contributed by atoms with Crippen molar-refractivity contribution in [2.24, 2.45) is 0 Å². The summed E-state index contributed by atoms with van der Waals surface area (Å²) in [5.41, 5.74) is 3.22. The van der Waals surface area contributed by atoms with Gasteiger partial charge < -0.3 is 4.90 Å². The van der Waals surface area contributed by atoms with E-state index in [-0.39, 0.29) is 5.91 Å². The molecular weight excluding hydrogens is 306 g/mol. The van der Waals surface area contributed by atoms with E-state index in [1.165, 1.54) is 0 Å². The van der Waals surface area contributed by atoms with E-state index in [1.807, 2.05) is 61.5 Å². The normalized spacial score (nSPS) is 13.3. The van der Waals surface area contributed by atoms with Crippen molar-refractivity contribution < 1.29 is 9.00 Å². The molecule has 2 aromatic carbocycles. The van der Waals surface area contributed by atoms with Crippen LogP contribution in [0.1, 0.15) is 23.6 Å². The molecular formula is C19H23NO2S. The van der Waals surface area contributed by atoms with Crippen LogP contribution in [0.5, 0.6) is 0 Å². The molecule has 0 aliphatic carbocycles. The topological polar surface area (TPSA) is 37.4 Å². The van der Waals surface area contributed by atoms with E-state index in [0.717, 1.165) is 16.7 Å². The number of aryl methyl sites for hydroxylation is 1. The zero-order chi connectivity index (χ0) is 16.8. The lowest BCUT2D eigenvalue weighted by molar-refractivity contribution is -0.129. The maximum Gasteiger partial charge on any atom is 0.238 e. The van der Waals surface area contributed by atoms with Crippen molar-refractivity contribution >= 4 is 16.7 Å². The molecule has 2 atom stereocenters. The lowest BCUT2D eigenvalue weighted by atomic mass is 10.1. The van der Waals surface area contributed by atoms with Crippen molar-refractivity contribution in [2.75, 3.05) is 7.05 Å². The summed E-state index contributed by atoms with van der Waals surface area (Å²) in [5, 5.41) is -0.511. The molecule has 3 nitrogen and oxygen atoms in total. The summed E-state index contributed by atoms with van der Waals surface area (Å²) in [7, 11) is 0.535. The Morgan fingerprint density at radius 2 is 1.70 bits per heavy atom. The Hall–Kier alpha value is -1.94. The van der Waals surface area contributed by atoms with Gasteiger partial charge in [-0.25, -0.2) is 0 Å². The van der Waals surface area contributed by atoms with Gasteiger partial charge >= 0.3 is 0 Å². The summed E-state index contributed by atoms with van der Waals surface area (Å²) in [6.07, 6.45) is 0. The fraction of sp³-hybridized carbons (Fsp3) is 0.316. The molecule has 0 N–H and O–H groups in total. The predicted octanol–water partition coefficient (Wildman–Crippen LogP) is 3.29. The molecule has 0 saturated heterocycles. The van der Waals surface area contributed by atoms with Gasteiger partial charge in [0.25, 0.3) is 0 Å². The van der Waals surface area contributed by atoms with Gasteiger partial charge in [-0.1, -0.05) is 54.6 Å². The van der Waals surface area contributed by atoms with Gasteiger partial charge in [0.2, 0.25) is 5.91 Å². The molecule has 0 fully saturated rings. The maximum absolute atomic E-state index is 12.5. The Morgan fingerprint density at radius 3 is 2.35 bits per heavy atom. The van der Waals surface area contributed by atoms with Crippen LogP contribution in [-0.2, 0) is 27.9 Å². The van der Waals surface area contributed by atoms with Crippen LogP contribution < -0.4 is 0 Å². The molecule has 4 heteroatoms. The molecule has 23 heavy (non-hydrogen) atoms. The van der Waals surface area contributed by atoms with E-state index < -0.39 is 16.0 Å². The summed E-state index contributed by atoms with van der Waals surface area (Å²) < 4.78 is 12.5. The predicted molar refractivity (Wildman–Crippen MR) is 95.4 cm³/mol. The number of benzene rings is 2. The van der Waals surface area contributed by atoms with E-state index in [1.54, 1.807) is 18.9 Å². The Balaban J connectivity index is 1.98. The number of hydrogen-bond acceptors (Lipinski definition) is 2. The molecule has 0 unspecified atom stereocenters. The van der Waals surface area contributed by atoms with Crippen LogP contribution in [0.4, 0.5) is 0 Å². The summed E-state index contributed by atoms with van der Waals surface area (Å²) in [5.74, 6) is 0.333. The quantitative estimate of drug-likeness (QED) is 0.815. The number of hydrogen-bond donors (Lipinski definition) is 0. The first-order chi connectivity index (χ1) is 11.0. The zero-order valence-electron chi connectivity index (χ0n) is 13.9. The van der Waals surface area contributed by atoms with Crippen LogP contribution in [0.25, 0.3) is 0 Å². The second kappa shape index (κ2) is 8.06. The lowest BCUT2D eigenvalue weighted by Crippen LogP contribution is -2.37.